The standard InChI is InChI=1S/C12H20N6/c1-8-7-14-12(17-13)16-11(8)15-9-4-6-18-5-2-3-10(9)18/h7,9-10H,2-6,13H2,1H3,(H2,14,15,16,17). The van der Waals surface area contributed by atoms with Crippen LogP contribution in [0, 0.1) is 6.92 Å². The molecule has 0 amide bonds. The van der Waals surface area contributed by atoms with E-state index in [1.165, 1.54) is 32.4 Å². The van der Waals surface area contributed by atoms with E-state index in [9.17, 15) is 0 Å². The van der Waals surface area contributed by atoms with Crippen LogP contribution in [0.5, 0.6) is 0 Å². The Labute approximate surface area is 107 Å². The van der Waals surface area contributed by atoms with Gasteiger partial charge in [-0.25, -0.2) is 10.8 Å². The lowest BCUT2D eigenvalue weighted by atomic mass is 10.1. The molecular formula is C12H20N6. The van der Waals surface area contributed by atoms with Crippen LogP contribution in [-0.4, -0.2) is 40.0 Å². The van der Waals surface area contributed by atoms with Gasteiger partial charge in [-0.2, -0.15) is 4.98 Å². The number of hydrogen-bond donors (Lipinski definition) is 3. The van der Waals surface area contributed by atoms with E-state index in [1.807, 2.05) is 6.92 Å². The first-order chi connectivity index (χ1) is 8.78. The molecule has 4 N–H and O–H groups in total. The van der Waals surface area contributed by atoms with Crippen LogP contribution in [0.1, 0.15) is 24.8 Å². The second-order valence-corrected chi connectivity index (χ2v) is 5.15. The summed E-state index contributed by atoms with van der Waals surface area (Å²) in [6, 6.07) is 1.18. The summed E-state index contributed by atoms with van der Waals surface area (Å²) >= 11 is 0. The van der Waals surface area contributed by atoms with Crippen LogP contribution in [-0.2, 0) is 0 Å². The zero-order valence-electron chi connectivity index (χ0n) is 10.7. The van der Waals surface area contributed by atoms with Gasteiger partial charge in [-0.05, 0) is 32.7 Å². The zero-order valence-corrected chi connectivity index (χ0v) is 10.7. The van der Waals surface area contributed by atoms with Gasteiger partial charge in [-0.3, -0.25) is 10.3 Å². The molecule has 18 heavy (non-hydrogen) atoms. The number of rotatable bonds is 3. The molecule has 0 radical (unpaired) electrons. The van der Waals surface area contributed by atoms with Gasteiger partial charge in [0.05, 0.1) is 0 Å². The van der Waals surface area contributed by atoms with E-state index < -0.39 is 0 Å². The summed E-state index contributed by atoms with van der Waals surface area (Å²) in [6.45, 7) is 4.47. The number of aromatic nitrogens is 2. The molecule has 6 heteroatoms. The van der Waals surface area contributed by atoms with Crippen molar-refractivity contribution < 1.29 is 0 Å². The van der Waals surface area contributed by atoms with Crippen molar-refractivity contribution in [2.45, 2.75) is 38.3 Å². The van der Waals surface area contributed by atoms with E-state index in [4.69, 9.17) is 5.84 Å². The molecule has 3 heterocycles. The Morgan fingerprint density at radius 2 is 2.28 bits per heavy atom. The first kappa shape index (κ1) is 11.7. The van der Waals surface area contributed by atoms with E-state index in [2.05, 4.69) is 25.6 Å². The molecule has 2 fully saturated rings. The third-order valence-electron chi connectivity index (χ3n) is 4.03. The maximum Gasteiger partial charge on any atom is 0.239 e. The van der Waals surface area contributed by atoms with E-state index in [1.54, 1.807) is 6.20 Å². The molecule has 2 aliphatic heterocycles. The van der Waals surface area contributed by atoms with Gasteiger partial charge in [0.25, 0.3) is 0 Å². The fourth-order valence-corrected chi connectivity index (χ4v) is 3.08. The van der Waals surface area contributed by atoms with E-state index >= 15 is 0 Å². The van der Waals surface area contributed by atoms with E-state index in [0.29, 0.717) is 18.0 Å². The predicted molar refractivity (Wildman–Crippen MR) is 71.2 cm³/mol. The van der Waals surface area contributed by atoms with Crippen molar-refractivity contribution in [3.8, 4) is 0 Å². The Hall–Kier alpha value is -1.40. The summed E-state index contributed by atoms with van der Waals surface area (Å²) in [6.07, 6.45) is 5.61. The van der Waals surface area contributed by atoms with Crippen LogP contribution >= 0.6 is 0 Å². The molecule has 0 aliphatic carbocycles. The summed E-state index contributed by atoms with van der Waals surface area (Å²) < 4.78 is 0. The normalized spacial score (nSPS) is 27.2. The first-order valence-electron chi connectivity index (χ1n) is 6.59. The molecule has 1 aromatic heterocycles. The highest BCUT2D eigenvalue weighted by atomic mass is 15.3. The van der Waals surface area contributed by atoms with Gasteiger partial charge >= 0.3 is 0 Å². The predicted octanol–water partition coefficient (Wildman–Crippen LogP) is 0.719. The number of nitrogens with one attached hydrogen (secondary N) is 2. The molecule has 6 nitrogen and oxygen atoms in total. The highest BCUT2D eigenvalue weighted by Crippen LogP contribution is 2.30. The van der Waals surface area contributed by atoms with Crippen LogP contribution in [0.15, 0.2) is 6.20 Å². The topological polar surface area (TPSA) is 79.1 Å². The molecule has 1 aromatic rings. The quantitative estimate of drug-likeness (QED) is 0.540. The number of anilines is 2. The van der Waals surface area contributed by atoms with Crippen molar-refractivity contribution in [3.63, 3.8) is 0 Å². The fraction of sp³-hybridized carbons (Fsp3) is 0.667. The lowest BCUT2D eigenvalue weighted by molar-refractivity contribution is 0.318. The molecule has 0 aromatic carbocycles. The molecule has 2 atom stereocenters. The molecule has 2 aliphatic rings. The van der Waals surface area contributed by atoms with Gasteiger partial charge in [-0.1, -0.05) is 0 Å². The summed E-state index contributed by atoms with van der Waals surface area (Å²) in [4.78, 5) is 11.1. The highest BCUT2D eigenvalue weighted by Gasteiger charge is 2.37. The summed E-state index contributed by atoms with van der Waals surface area (Å²) in [5.41, 5.74) is 3.55. The number of nitrogens with zero attached hydrogens (tertiary/aromatic N) is 3. The van der Waals surface area contributed by atoms with Gasteiger partial charge < -0.3 is 5.32 Å². The first-order valence-corrected chi connectivity index (χ1v) is 6.59. The Balaban J connectivity index is 1.76. The maximum absolute atomic E-state index is 5.35. The van der Waals surface area contributed by atoms with Crippen molar-refractivity contribution in [1.29, 1.82) is 0 Å². The molecule has 0 saturated carbocycles. The van der Waals surface area contributed by atoms with Gasteiger partial charge in [0.15, 0.2) is 0 Å². The minimum Gasteiger partial charge on any atom is -0.365 e. The van der Waals surface area contributed by atoms with Crippen molar-refractivity contribution in [1.82, 2.24) is 14.9 Å². The Morgan fingerprint density at radius 3 is 3.11 bits per heavy atom. The van der Waals surface area contributed by atoms with Crippen molar-refractivity contribution in [3.05, 3.63) is 11.8 Å². The summed E-state index contributed by atoms with van der Waals surface area (Å²) in [5.74, 6) is 6.71. The van der Waals surface area contributed by atoms with Gasteiger partial charge in [0.2, 0.25) is 5.95 Å². The lowest BCUT2D eigenvalue weighted by Gasteiger charge is -2.22. The third kappa shape index (κ3) is 2.02. The number of fused-ring (bicyclic) bond motifs is 1. The number of hydrazine groups is 1. The number of nitrogen functional groups attached to an aromatic ring is 1. The van der Waals surface area contributed by atoms with Crippen LogP contribution < -0.4 is 16.6 Å². The molecule has 0 spiro atoms. The number of nitrogens with two attached hydrogens (primary N) is 1. The van der Waals surface area contributed by atoms with Crippen LogP contribution in [0.25, 0.3) is 0 Å². The zero-order chi connectivity index (χ0) is 12.5. The molecular weight excluding hydrogens is 228 g/mol. The summed E-state index contributed by atoms with van der Waals surface area (Å²) in [7, 11) is 0. The molecule has 2 unspecified atom stereocenters. The summed E-state index contributed by atoms with van der Waals surface area (Å²) in [5, 5.41) is 3.57. The Kier molecular flexibility index (Phi) is 3.05. The minimum absolute atomic E-state index is 0.462. The van der Waals surface area contributed by atoms with Gasteiger partial charge in [0, 0.05) is 30.4 Å². The van der Waals surface area contributed by atoms with Crippen molar-refractivity contribution in [2.24, 2.45) is 5.84 Å². The van der Waals surface area contributed by atoms with Crippen LogP contribution in [0.2, 0.25) is 0 Å². The van der Waals surface area contributed by atoms with E-state index in [0.717, 1.165) is 11.4 Å². The molecule has 98 valence electrons. The van der Waals surface area contributed by atoms with Crippen molar-refractivity contribution >= 4 is 11.8 Å². The van der Waals surface area contributed by atoms with E-state index in [-0.39, 0.29) is 0 Å². The average Bonchev–Trinajstić information content (AvgIpc) is 2.96. The van der Waals surface area contributed by atoms with Crippen molar-refractivity contribution in [2.75, 3.05) is 23.8 Å². The number of hydrogen-bond acceptors (Lipinski definition) is 6. The number of aryl methyl sites for hydroxylation is 1. The highest BCUT2D eigenvalue weighted by molar-refractivity contribution is 5.47. The monoisotopic (exact) mass is 248 g/mol. The second kappa shape index (κ2) is 4.70. The third-order valence-corrected chi connectivity index (χ3v) is 4.03. The Bertz CT molecular complexity index is 435. The van der Waals surface area contributed by atoms with Gasteiger partial charge in [0.1, 0.15) is 5.82 Å². The van der Waals surface area contributed by atoms with Crippen LogP contribution in [0.4, 0.5) is 11.8 Å². The largest absolute Gasteiger partial charge is 0.365 e. The minimum atomic E-state index is 0.462. The molecule has 3 rings (SSSR count). The lowest BCUT2D eigenvalue weighted by Crippen LogP contribution is -2.34. The second-order valence-electron chi connectivity index (χ2n) is 5.15. The smallest absolute Gasteiger partial charge is 0.239 e. The van der Waals surface area contributed by atoms with Crippen LogP contribution in [0.3, 0.4) is 0 Å². The fourth-order valence-electron chi connectivity index (χ4n) is 3.08. The SMILES string of the molecule is Cc1cnc(NN)nc1NC1CCN2CCCC12. The average molecular weight is 248 g/mol. The maximum atomic E-state index is 5.35. The van der Waals surface area contributed by atoms with Gasteiger partial charge in [-0.15, -0.1) is 0 Å². The molecule has 2 saturated heterocycles. The Morgan fingerprint density at radius 1 is 1.39 bits per heavy atom. The molecule has 0 bridgehead atoms.